The third-order valence-electron chi connectivity index (χ3n) is 1.61. The monoisotopic (exact) mass is 214 g/mol. The van der Waals surface area contributed by atoms with Gasteiger partial charge in [-0.1, -0.05) is 24.0 Å². The molecule has 1 aromatic carbocycles. The van der Waals surface area contributed by atoms with Crippen molar-refractivity contribution in [2.45, 2.75) is 12.8 Å². The van der Waals surface area contributed by atoms with Gasteiger partial charge in [0.2, 0.25) is 0 Å². The van der Waals surface area contributed by atoms with Crippen molar-refractivity contribution in [2.24, 2.45) is 0 Å². The van der Waals surface area contributed by atoms with Gasteiger partial charge in [-0.2, -0.15) is 0 Å². The van der Waals surface area contributed by atoms with Crippen LogP contribution < -0.4 is 0 Å². The molecule has 0 bridgehead atoms. The van der Waals surface area contributed by atoms with Crippen LogP contribution >= 0.6 is 11.6 Å². The molecule has 0 unspecified atom stereocenters. The van der Waals surface area contributed by atoms with Crippen LogP contribution in [-0.2, 0) is 0 Å². The molecule has 0 atom stereocenters. The van der Waals surface area contributed by atoms with Crippen LogP contribution in [0.5, 0.6) is 0 Å². The van der Waals surface area contributed by atoms with Crippen molar-refractivity contribution in [3.8, 4) is 11.8 Å². The molecule has 0 saturated carbocycles. The fraction of sp³-hybridized carbons (Fsp3) is 0.273. The zero-order chi connectivity index (χ0) is 10.4. The second kappa shape index (κ2) is 5.62. The largest absolute Gasteiger partial charge is 0.263 e. The van der Waals surface area contributed by atoms with Crippen LogP contribution in [0.2, 0.25) is 0 Å². The van der Waals surface area contributed by atoms with Crippen LogP contribution in [-0.4, -0.2) is 5.88 Å². The summed E-state index contributed by atoms with van der Waals surface area (Å²) in [5, 5.41) is 0. The molecule has 0 saturated heterocycles. The van der Waals surface area contributed by atoms with E-state index in [1.54, 1.807) is 12.1 Å². The Bertz CT molecular complexity index is 333. The fourth-order valence-corrected chi connectivity index (χ4v) is 1.02. The minimum absolute atomic E-state index is 0.0212. The van der Waals surface area contributed by atoms with Crippen molar-refractivity contribution in [1.82, 2.24) is 0 Å². The third kappa shape index (κ3) is 3.35. The number of hydrogen-bond donors (Lipinski definition) is 0. The first kappa shape index (κ1) is 11.0. The molecular formula is C11H9ClF2. The Morgan fingerprint density at radius 3 is 2.36 bits per heavy atom. The van der Waals surface area contributed by atoms with Crippen molar-refractivity contribution in [2.75, 3.05) is 5.88 Å². The molecule has 0 heterocycles. The summed E-state index contributed by atoms with van der Waals surface area (Å²) >= 11 is 5.43. The molecule has 14 heavy (non-hydrogen) atoms. The number of benzene rings is 1. The predicted octanol–water partition coefficient (Wildman–Crippen LogP) is 3.60. The van der Waals surface area contributed by atoms with Gasteiger partial charge in [-0.15, -0.1) is 11.6 Å². The van der Waals surface area contributed by atoms with Crippen LogP contribution in [0, 0.1) is 11.8 Å². The first-order valence-electron chi connectivity index (χ1n) is 4.17. The van der Waals surface area contributed by atoms with Gasteiger partial charge in [0.1, 0.15) is 0 Å². The van der Waals surface area contributed by atoms with Crippen LogP contribution in [0.25, 0.3) is 0 Å². The van der Waals surface area contributed by atoms with E-state index in [0.717, 1.165) is 5.56 Å². The normalized spacial score (nSPS) is 9.71. The highest BCUT2D eigenvalue weighted by molar-refractivity contribution is 6.18. The zero-order valence-electron chi connectivity index (χ0n) is 7.43. The van der Waals surface area contributed by atoms with Gasteiger partial charge in [-0.3, -0.25) is 0 Å². The predicted molar refractivity (Wildman–Crippen MR) is 53.6 cm³/mol. The molecule has 0 aromatic heterocycles. The van der Waals surface area contributed by atoms with E-state index in [4.69, 9.17) is 11.6 Å². The van der Waals surface area contributed by atoms with Gasteiger partial charge >= 0.3 is 0 Å². The highest BCUT2D eigenvalue weighted by Gasteiger charge is 2.04. The lowest BCUT2D eigenvalue weighted by Gasteiger charge is -1.97. The van der Waals surface area contributed by atoms with Gasteiger partial charge in [-0.05, 0) is 12.1 Å². The molecule has 3 heteroatoms. The van der Waals surface area contributed by atoms with Gasteiger partial charge in [0.15, 0.2) is 0 Å². The average molecular weight is 215 g/mol. The van der Waals surface area contributed by atoms with E-state index in [9.17, 15) is 8.78 Å². The van der Waals surface area contributed by atoms with Crippen LogP contribution in [0.15, 0.2) is 24.3 Å². The van der Waals surface area contributed by atoms with Gasteiger partial charge in [-0.25, -0.2) is 8.78 Å². The minimum Gasteiger partial charge on any atom is -0.205 e. The molecule has 0 N–H and O–H groups in total. The second-order valence-electron chi connectivity index (χ2n) is 2.66. The summed E-state index contributed by atoms with van der Waals surface area (Å²) in [6.45, 7) is 0. The number of halogens is 3. The van der Waals surface area contributed by atoms with E-state index in [0.29, 0.717) is 12.3 Å². The smallest absolute Gasteiger partial charge is 0.205 e. The molecule has 0 aliphatic carbocycles. The Morgan fingerprint density at radius 1 is 1.21 bits per heavy atom. The van der Waals surface area contributed by atoms with E-state index < -0.39 is 6.43 Å². The first-order chi connectivity index (χ1) is 6.74. The zero-order valence-corrected chi connectivity index (χ0v) is 8.19. The SMILES string of the molecule is FC(F)c1ccc(C#CCCCl)cc1. The van der Waals surface area contributed by atoms with Gasteiger partial charge in [0, 0.05) is 23.4 Å². The second-order valence-corrected chi connectivity index (χ2v) is 3.04. The Labute approximate surface area is 86.9 Å². The molecule has 74 valence electrons. The third-order valence-corrected chi connectivity index (χ3v) is 1.80. The summed E-state index contributed by atoms with van der Waals surface area (Å²) in [6, 6.07) is 5.94. The topological polar surface area (TPSA) is 0 Å². The summed E-state index contributed by atoms with van der Waals surface area (Å²) in [5.74, 6) is 6.15. The molecule has 0 fully saturated rings. The molecular weight excluding hydrogens is 206 g/mol. The fourth-order valence-electron chi connectivity index (χ4n) is 0.924. The number of hydrogen-bond acceptors (Lipinski definition) is 0. The molecule has 0 aliphatic rings. The van der Waals surface area contributed by atoms with E-state index >= 15 is 0 Å². The van der Waals surface area contributed by atoms with Gasteiger partial charge < -0.3 is 0 Å². The highest BCUT2D eigenvalue weighted by atomic mass is 35.5. The van der Waals surface area contributed by atoms with Gasteiger partial charge in [0.25, 0.3) is 6.43 Å². The standard InChI is InChI=1S/C11H9ClF2/c12-8-2-1-3-9-4-6-10(7-5-9)11(13)14/h4-7,11H,2,8H2. The number of alkyl halides is 3. The summed E-state index contributed by atoms with van der Waals surface area (Å²) in [7, 11) is 0. The molecule has 0 spiro atoms. The maximum atomic E-state index is 12.2. The molecule has 0 amide bonds. The van der Waals surface area contributed by atoms with Crippen molar-refractivity contribution in [1.29, 1.82) is 0 Å². The Morgan fingerprint density at radius 2 is 1.86 bits per heavy atom. The average Bonchev–Trinajstić information content (AvgIpc) is 2.19. The van der Waals surface area contributed by atoms with Crippen LogP contribution in [0.1, 0.15) is 24.0 Å². The summed E-state index contributed by atoms with van der Waals surface area (Å²) in [4.78, 5) is 0. The Balaban J connectivity index is 2.70. The first-order valence-corrected chi connectivity index (χ1v) is 4.70. The van der Waals surface area contributed by atoms with Gasteiger partial charge in [0.05, 0.1) is 0 Å². The van der Waals surface area contributed by atoms with E-state index in [1.165, 1.54) is 12.1 Å². The molecule has 0 aliphatic heterocycles. The Kier molecular flexibility index (Phi) is 4.42. The summed E-state index contributed by atoms with van der Waals surface area (Å²) in [5.41, 5.74) is 0.757. The quantitative estimate of drug-likeness (QED) is 0.521. The summed E-state index contributed by atoms with van der Waals surface area (Å²) < 4.78 is 24.3. The lowest BCUT2D eigenvalue weighted by Crippen LogP contribution is -1.83. The maximum absolute atomic E-state index is 12.2. The molecule has 1 rings (SSSR count). The molecule has 1 aromatic rings. The number of rotatable bonds is 2. The molecule has 0 nitrogen and oxygen atoms in total. The van der Waals surface area contributed by atoms with Crippen molar-refractivity contribution < 1.29 is 8.78 Å². The van der Waals surface area contributed by atoms with E-state index in [2.05, 4.69) is 11.8 Å². The minimum atomic E-state index is -2.42. The summed E-state index contributed by atoms with van der Waals surface area (Å²) in [6.07, 6.45) is -1.81. The maximum Gasteiger partial charge on any atom is 0.263 e. The lowest BCUT2D eigenvalue weighted by molar-refractivity contribution is 0.151. The van der Waals surface area contributed by atoms with Crippen LogP contribution in [0.4, 0.5) is 8.78 Å². The van der Waals surface area contributed by atoms with Crippen molar-refractivity contribution >= 4 is 11.6 Å². The lowest BCUT2D eigenvalue weighted by atomic mass is 10.1. The van der Waals surface area contributed by atoms with Crippen LogP contribution in [0.3, 0.4) is 0 Å². The molecule has 0 radical (unpaired) electrons. The van der Waals surface area contributed by atoms with Crippen molar-refractivity contribution in [3.63, 3.8) is 0 Å². The highest BCUT2D eigenvalue weighted by Crippen LogP contribution is 2.18. The van der Waals surface area contributed by atoms with E-state index in [-0.39, 0.29) is 5.56 Å². The van der Waals surface area contributed by atoms with E-state index in [1.807, 2.05) is 0 Å². The van der Waals surface area contributed by atoms with Crippen molar-refractivity contribution in [3.05, 3.63) is 35.4 Å². The Hall–Kier alpha value is -1.07.